The smallest absolute Gasteiger partial charge is 0.245 e. The maximum atomic E-state index is 12.6. The van der Waals surface area contributed by atoms with E-state index in [9.17, 15) is 8.42 Å². The van der Waals surface area contributed by atoms with Crippen molar-refractivity contribution >= 4 is 10.0 Å². The lowest BCUT2D eigenvalue weighted by molar-refractivity contribution is 0.171. The molecule has 134 valence electrons. The number of nitrogens with zero attached hydrogens (tertiary/aromatic N) is 1. The molecule has 4 rings (SSSR count). The molecule has 0 saturated heterocycles. The van der Waals surface area contributed by atoms with Crippen LogP contribution in [0.1, 0.15) is 29.9 Å². The fourth-order valence-electron chi connectivity index (χ4n) is 3.26. The number of fused-ring (bicyclic) bond motifs is 1. The van der Waals surface area contributed by atoms with Crippen molar-refractivity contribution in [3.63, 3.8) is 0 Å². The van der Waals surface area contributed by atoms with Gasteiger partial charge >= 0.3 is 0 Å². The van der Waals surface area contributed by atoms with Gasteiger partial charge in [0.2, 0.25) is 10.0 Å². The molecule has 0 radical (unpaired) electrons. The first kappa shape index (κ1) is 16.4. The number of aromatic nitrogens is 1. The zero-order valence-electron chi connectivity index (χ0n) is 14.2. The normalized spacial score (nSPS) is 18.2. The van der Waals surface area contributed by atoms with E-state index < -0.39 is 10.0 Å². The molecular weight excluding hydrogens is 344 g/mol. The number of hydrogen-bond donors (Lipinski definition) is 1. The van der Waals surface area contributed by atoms with E-state index in [1.807, 2.05) is 18.2 Å². The minimum absolute atomic E-state index is 0.130. The Hall–Kier alpha value is -2.06. The molecular formula is C17H20N2O5S. The second-order valence-electron chi connectivity index (χ2n) is 6.62. The second kappa shape index (κ2) is 5.74. The van der Waals surface area contributed by atoms with Crippen molar-refractivity contribution in [2.45, 2.75) is 37.0 Å². The number of nitrogens with one attached hydrogen (secondary N) is 1. The van der Waals surface area contributed by atoms with Crippen LogP contribution in [0.4, 0.5) is 0 Å². The van der Waals surface area contributed by atoms with Gasteiger partial charge in [0.15, 0.2) is 17.3 Å². The second-order valence-corrected chi connectivity index (χ2v) is 8.32. The van der Waals surface area contributed by atoms with Gasteiger partial charge in [0.1, 0.15) is 23.8 Å². The van der Waals surface area contributed by atoms with Crippen LogP contribution in [0, 0.1) is 13.8 Å². The third kappa shape index (κ3) is 2.89. The van der Waals surface area contributed by atoms with E-state index in [0.29, 0.717) is 31.2 Å². The molecule has 1 aromatic heterocycles. The first-order valence-corrected chi connectivity index (χ1v) is 9.72. The molecule has 0 spiro atoms. The highest BCUT2D eigenvalue weighted by atomic mass is 32.2. The highest BCUT2D eigenvalue weighted by molar-refractivity contribution is 7.89. The zero-order chi connectivity index (χ0) is 17.7. The van der Waals surface area contributed by atoms with E-state index in [2.05, 4.69) is 9.88 Å². The van der Waals surface area contributed by atoms with Crippen LogP contribution >= 0.6 is 0 Å². The number of sulfonamides is 1. The summed E-state index contributed by atoms with van der Waals surface area (Å²) in [5.74, 6) is 1.76. The van der Waals surface area contributed by atoms with Crippen LogP contribution in [0.5, 0.6) is 11.5 Å². The quantitative estimate of drug-likeness (QED) is 0.873. The Balaban J connectivity index is 1.55. The van der Waals surface area contributed by atoms with Crippen LogP contribution in [-0.2, 0) is 15.4 Å². The van der Waals surface area contributed by atoms with Crippen LogP contribution in [-0.4, -0.2) is 33.3 Å². The van der Waals surface area contributed by atoms with E-state index in [-0.39, 0.29) is 10.3 Å². The summed E-state index contributed by atoms with van der Waals surface area (Å²) in [6.45, 7) is 4.64. The van der Waals surface area contributed by atoms with Gasteiger partial charge in [-0.1, -0.05) is 11.2 Å². The van der Waals surface area contributed by atoms with E-state index in [4.69, 9.17) is 14.0 Å². The predicted octanol–water partition coefficient (Wildman–Crippen LogP) is 2.07. The van der Waals surface area contributed by atoms with Gasteiger partial charge < -0.3 is 14.0 Å². The lowest BCUT2D eigenvalue weighted by Crippen LogP contribution is -2.33. The van der Waals surface area contributed by atoms with Gasteiger partial charge in [-0.25, -0.2) is 13.1 Å². The highest BCUT2D eigenvalue weighted by Gasteiger charge is 2.45. The summed E-state index contributed by atoms with van der Waals surface area (Å²) in [6, 6.07) is 5.85. The Kier molecular flexibility index (Phi) is 3.77. The molecule has 1 aliphatic heterocycles. The molecule has 2 aliphatic rings. The van der Waals surface area contributed by atoms with Gasteiger partial charge in [0.05, 0.1) is 0 Å². The fraction of sp³-hybridized carbons (Fsp3) is 0.471. The van der Waals surface area contributed by atoms with Gasteiger partial charge in [-0.15, -0.1) is 0 Å². The summed E-state index contributed by atoms with van der Waals surface area (Å²) >= 11 is 0. The van der Waals surface area contributed by atoms with Crippen LogP contribution in [0.2, 0.25) is 0 Å². The van der Waals surface area contributed by atoms with Crippen molar-refractivity contribution in [3.05, 3.63) is 35.2 Å². The monoisotopic (exact) mass is 364 g/mol. The summed E-state index contributed by atoms with van der Waals surface area (Å²) < 4.78 is 44.1. The highest BCUT2D eigenvalue weighted by Crippen LogP contribution is 2.49. The SMILES string of the molecule is Cc1noc(C)c1S(=O)(=O)NCC1(c2ccc3c(c2)OCCO3)CC1. The summed E-state index contributed by atoms with van der Waals surface area (Å²) in [5, 5.41) is 3.72. The van der Waals surface area contributed by atoms with Gasteiger partial charge in [0, 0.05) is 12.0 Å². The molecule has 7 nitrogen and oxygen atoms in total. The number of ether oxygens (including phenoxy) is 2. The largest absolute Gasteiger partial charge is 0.486 e. The molecule has 1 saturated carbocycles. The van der Waals surface area contributed by atoms with Gasteiger partial charge in [-0.2, -0.15) is 0 Å². The maximum Gasteiger partial charge on any atom is 0.245 e. The molecule has 0 amide bonds. The third-order valence-electron chi connectivity index (χ3n) is 4.85. The van der Waals surface area contributed by atoms with Crippen molar-refractivity contribution in [2.75, 3.05) is 19.8 Å². The van der Waals surface area contributed by atoms with Crippen LogP contribution in [0.25, 0.3) is 0 Å². The number of aryl methyl sites for hydroxylation is 2. The molecule has 1 aliphatic carbocycles. The van der Waals surface area contributed by atoms with Gasteiger partial charge in [-0.3, -0.25) is 0 Å². The lowest BCUT2D eigenvalue weighted by Gasteiger charge is -2.22. The van der Waals surface area contributed by atoms with Crippen molar-refractivity contribution in [2.24, 2.45) is 0 Å². The summed E-state index contributed by atoms with van der Waals surface area (Å²) in [4.78, 5) is 0.130. The molecule has 25 heavy (non-hydrogen) atoms. The Labute approximate surface area is 146 Å². The van der Waals surface area contributed by atoms with Crippen molar-refractivity contribution in [1.82, 2.24) is 9.88 Å². The Morgan fingerprint density at radius 3 is 2.52 bits per heavy atom. The standard InChI is InChI=1S/C17H20N2O5S/c1-11-16(12(2)24-19-11)25(20,21)18-10-17(5-6-17)13-3-4-14-15(9-13)23-8-7-22-14/h3-4,9,18H,5-8,10H2,1-2H3. The minimum Gasteiger partial charge on any atom is -0.486 e. The molecule has 0 unspecified atom stereocenters. The lowest BCUT2D eigenvalue weighted by atomic mass is 9.96. The summed E-state index contributed by atoms with van der Waals surface area (Å²) in [6.07, 6.45) is 1.85. The average molecular weight is 364 g/mol. The van der Waals surface area contributed by atoms with E-state index in [1.165, 1.54) is 0 Å². The Bertz CT molecular complexity index is 896. The summed E-state index contributed by atoms with van der Waals surface area (Å²) in [7, 11) is -3.66. The Morgan fingerprint density at radius 2 is 1.88 bits per heavy atom. The first-order chi connectivity index (χ1) is 11.9. The van der Waals surface area contributed by atoms with Crippen LogP contribution in [0.3, 0.4) is 0 Å². The molecule has 1 aromatic carbocycles. The third-order valence-corrected chi connectivity index (χ3v) is 6.49. The zero-order valence-corrected chi connectivity index (χ0v) is 15.0. The molecule has 1 fully saturated rings. The van der Waals surface area contributed by atoms with Gasteiger partial charge in [-0.05, 0) is 44.4 Å². The van der Waals surface area contributed by atoms with E-state index in [1.54, 1.807) is 13.8 Å². The van der Waals surface area contributed by atoms with Crippen molar-refractivity contribution in [1.29, 1.82) is 0 Å². The first-order valence-electron chi connectivity index (χ1n) is 8.24. The number of benzene rings is 1. The van der Waals surface area contributed by atoms with Gasteiger partial charge in [0.25, 0.3) is 0 Å². The molecule has 8 heteroatoms. The number of rotatable bonds is 5. The average Bonchev–Trinajstić information content (AvgIpc) is 3.32. The molecule has 0 atom stereocenters. The minimum atomic E-state index is -3.66. The summed E-state index contributed by atoms with van der Waals surface area (Å²) in [5.41, 5.74) is 1.24. The van der Waals surface area contributed by atoms with Crippen molar-refractivity contribution in [3.8, 4) is 11.5 Å². The topological polar surface area (TPSA) is 90.7 Å². The fourth-order valence-corrected chi connectivity index (χ4v) is 4.71. The van der Waals surface area contributed by atoms with Crippen LogP contribution < -0.4 is 14.2 Å². The van der Waals surface area contributed by atoms with Crippen LogP contribution in [0.15, 0.2) is 27.6 Å². The van der Waals surface area contributed by atoms with Crippen molar-refractivity contribution < 1.29 is 22.4 Å². The van der Waals surface area contributed by atoms with E-state index in [0.717, 1.165) is 29.9 Å². The molecule has 0 bridgehead atoms. The Morgan fingerprint density at radius 1 is 1.16 bits per heavy atom. The molecule has 1 N–H and O–H groups in total. The molecule has 2 heterocycles. The predicted molar refractivity (Wildman–Crippen MR) is 89.5 cm³/mol. The van der Waals surface area contributed by atoms with E-state index >= 15 is 0 Å². The maximum absolute atomic E-state index is 12.6. The molecule has 2 aromatic rings. The number of hydrogen-bond acceptors (Lipinski definition) is 6.